The first-order valence-electron chi connectivity index (χ1n) is 5.89. The molecule has 20 heavy (non-hydrogen) atoms. The number of carboxylic acids is 1. The molecule has 0 aliphatic carbocycles. The molecule has 0 radical (unpaired) electrons. The maximum atomic E-state index is 13.3. The SMILES string of the molecule is COc1cc(F)cc(C(=O)O)c1OCc1ccccc1. The molecule has 0 saturated carbocycles. The third-order valence-corrected chi connectivity index (χ3v) is 2.70. The number of methoxy groups -OCH3 is 1. The Labute approximate surface area is 115 Å². The number of benzene rings is 2. The van der Waals surface area contributed by atoms with E-state index in [4.69, 9.17) is 14.6 Å². The van der Waals surface area contributed by atoms with E-state index in [0.717, 1.165) is 17.7 Å². The Kier molecular flexibility index (Phi) is 4.20. The molecule has 0 spiro atoms. The van der Waals surface area contributed by atoms with Crippen LogP contribution in [0.3, 0.4) is 0 Å². The molecule has 104 valence electrons. The Morgan fingerprint density at radius 1 is 1.25 bits per heavy atom. The molecule has 0 bridgehead atoms. The van der Waals surface area contributed by atoms with Crippen molar-refractivity contribution in [1.82, 2.24) is 0 Å². The van der Waals surface area contributed by atoms with Crippen molar-refractivity contribution in [2.75, 3.05) is 7.11 Å². The molecule has 0 aliphatic rings. The summed E-state index contributed by atoms with van der Waals surface area (Å²) in [6, 6.07) is 11.2. The van der Waals surface area contributed by atoms with Gasteiger partial charge in [0.05, 0.1) is 7.11 Å². The molecule has 0 unspecified atom stereocenters. The molecule has 5 heteroatoms. The van der Waals surface area contributed by atoms with E-state index in [1.165, 1.54) is 7.11 Å². The highest BCUT2D eigenvalue weighted by atomic mass is 19.1. The first-order chi connectivity index (χ1) is 9.61. The van der Waals surface area contributed by atoms with Gasteiger partial charge in [-0.15, -0.1) is 0 Å². The molecular weight excluding hydrogens is 263 g/mol. The zero-order valence-corrected chi connectivity index (χ0v) is 10.8. The molecule has 1 N–H and O–H groups in total. The Morgan fingerprint density at radius 2 is 1.95 bits per heavy atom. The fraction of sp³-hybridized carbons (Fsp3) is 0.133. The Bertz CT molecular complexity index is 611. The quantitative estimate of drug-likeness (QED) is 0.911. The van der Waals surface area contributed by atoms with Crippen LogP contribution < -0.4 is 9.47 Å². The highest BCUT2D eigenvalue weighted by Crippen LogP contribution is 2.33. The lowest BCUT2D eigenvalue weighted by Gasteiger charge is -2.13. The molecule has 2 aromatic rings. The van der Waals surface area contributed by atoms with Gasteiger partial charge in [0.25, 0.3) is 0 Å². The molecule has 0 atom stereocenters. The molecule has 2 rings (SSSR count). The smallest absolute Gasteiger partial charge is 0.339 e. The van der Waals surface area contributed by atoms with Gasteiger partial charge in [-0.3, -0.25) is 0 Å². The molecule has 4 nitrogen and oxygen atoms in total. The third kappa shape index (κ3) is 3.06. The van der Waals surface area contributed by atoms with E-state index in [1.54, 1.807) is 0 Å². The van der Waals surface area contributed by atoms with E-state index in [-0.39, 0.29) is 23.7 Å². The zero-order valence-electron chi connectivity index (χ0n) is 10.8. The minimum Gasteiger partial charge on any atom is -0.493 e. The van der Waals surface area contributed by atoms with Crippen LogP contribution in [0.25, 0.3) is 0 Å². The first kappa shape index (κ1) is 13.9. The summed E-state index contributed by atoms with van der Waals surface area (Å²) < 4.78 is 23.8. The zero-order chi connectivity index (χ0) is 14.5. The molecule has 0 heterocycles. The largest absolute Gasteiger partial charge is 0.493 e. The molecule has 0 fully saturated rings. The number of carbonyl (C=O) groups is 1. The van der Waals surface area contributed by atoms with Crippen molar-refractivity contribution >= 4 is 5.97 Å². The summed E-state index contributed by atoms with van der Waals surface area (Å²) in [4.78, 5) is 11.2. The second-order valence-electron chi connectivity index (χ2n) is 4.06. The maximum Gasteiger partial charge on any atom is 0.339 e. The van der Waals surface area contributed by atoms with Gasteiger partial charge in [-0.05, 0) is 11.6 Å². The van der Waals surface area contributed by atoms with Gasteiger partial charge in [0.2, 0.25) is 0 Å². The van der Waals surface area contributed by atoms with E-state index in [9.17, 15) is 9.18 Å². The number of hydrogen-bond donors (Lipinski definition) is 1. The molecule has 2 aromatic carbocycles. The fourth-order valence-corrected chi connectivity index (χ4v) is 1.76. The van der Waals surface area contributed by atoms with Crippen LogP contribution >= 0.6 is 0 Å². The van der Waals surface area contributed by atoms with Crippen molar-refractivity contribution in [3.05, 3.63) is 59.4 Å². The summed E-state index contributed by atoms with van der Waals surface area (Å²) >= 11 is 0. The van der Waals surface area contributed by atoms with E-state index in [1.807, 2.05) is 30.3 Å². The Balaban J connectivity index is 2.32. The normalized spacial score (nSPS) is 10.1. The molecule has 0 amide bonds. The van der Waals surface area contributed by atoms with Crippen molar-refractivity contribution in [3.63, 3.8) is 0 Å². The summed E-state index contributed by atoms with van der Waals surface area (Å²) in [5.41, 5.74) is 0.605. The first-order valence-corrected chi connectivity index (χ1v) is 5.89. The van der Waals surface area contributed by atoms with Crippen LogP contribution in [0.1, 0.15) is 15.9 Å². The van der Waals surface area contributed by atoms with Gasteiger partial charge < -0.3 is 14.6 Å². The van der Waals surface area contributed by atoms with E-state index < -0.39 is 11.8 Å². The van der Waals surface area contributed by atoms with E-state index >= 15 is 0 Å². The van der Waals surface area contributed by atoms with E-state index in [0.29, 0.717) is 0 Å². The molecule has 0 saturated heterocycles. The van der Waals surface area contributed by atoms with Gasteiger partial charge in [-0.25, -0.2) is 9.18 Å². The number of ether oxygens (including phenoxy) is 2. The van der Waals surface area contributed by atoms with Gasteiger partial charge in [0.1, 0.15) is 18.0 Å². The van der Waals surface area contributed by atoms with E-state index in [2.05, 4.69) is 0 Å². The van der Waals surface area contributed by atoms with Crippen LogP contribution in [0.5, 0.6) is 11.5 Å². The summed E-state index contributed by atoms with van der Waals surface area (Å²) in [6.07, 6.45) is 0. The number of halogens is 1. The fourth-order valence-electron chi connectivity index (χ4n) is 1.76. The predicted molar refractivity (Wildman–Crippen MR) is 70.7 cm³/mol. The predicted octanol–water partition coefficient (Wildman–Crippen LogP) is 3.11. The van der Waals surface area contributed by atoms with Gasteiger partial charge >= 0.3 is 5.97 Å². The molecule has 0 aliphatic heterocycles. The van der Waals surface area contributed by atoms with Gasteiger partial charge in [0, 0.05) is 6.07 Å². The lowest BCUT2D eigenvalue weighted by Crippen LogP contribution is -2.06. The maximum absolute atomic E-state index is 13.3. The van der Waals surface area contributed by atoms with Crippen molar-refractivity contribution in [2.45, 2.75) is 6.61 Å². The summed E-state index contributed by atoms with van der Waals surface area (Å²) in [6.45, 7) is 0.170. The van der Waals surface area contributed by atoms with Crippen molar-refractivity contribution in [1.29, 1.82) is 0 Å². The van der Waals surface area contributed by atoms with Crippen molar-refractivity contribution < 1.29 is 23.8 Å². The number of rotatable bonds is 5. The minimum absolute atomic E-state index is 0.0188. The van der Waals surface area contributed by atoms with Crippen LogP contribution in [-0.4, -0.2) is 18.2 Å². The highest BCUT2D eigenvalue weighted by Gasteiger charge is 2.18. The number of carboxylic acid groups (broad SMARTS) is 1. The van der Waals surface area contributed by atoms with Crippen molar-refractivity contribution in [3.8, 4) is 11.5 Å². The average Bonchev–Trinajstić information content (AvgIpc) is 2.46. The average molecular weight is 276 g/mol. The van der Waals surface area contributed by atoms with Crippen LogP contribution in [0, 0.1) is 5.82 Å². The lowest BCUT2D eigenvalue weighted by molar-refractivity contribution is 0.0690. The summed E-state index contributed by atoms with van der Waals surface area (Å²) in [7, 11) is 1.33. The third-order valence-electron chi connectivity index (χ3n) is 2.70. The second kappa shape index (κ2) is 6.06. The molecule has 0 aromatic heterocycles. The van der Waals surface area contributed by atoms with Crippen LogP contribution in [0.15, 0.2) is 42.5 Å². The number of hydrogen-bond acceptors (Lipinski definition) is 3. The Morgan fingerprint density at radius 3 is 2.55 bits per heavy atom. The summed E-state index contributed by atoms with van der Waals surface area (Å²) in [5.74, 6) is -1.89. The van der Waals surface area contributed by atoms with Crippen LogP contribution in [-0.2, 0) is 6.61 Å². The minimum atomic E-state index is -1.27. The topological polar surface area (TPSA) is 55.8 Å². The Hall–Kier alpha value is -2.56. The number of aromatic carboxylic acids is 1. The van der Waals surface area contributed by atoms with Gasteiger partial charge in [0.15, 0.2) is 11.5 Å². The van der Waals surface area contributed by atoms with Gasteiger partial charge in [-0.2, -0.15) is 0 Å². The van der Waals surface area contributed by atoms with Crippen LogP contribution in [0.2, 0.25) is 0 Å². The standard InChI is InChI=1S/C15H13FO4/c1-19-13-8-11(16)7-12(15(17)18)14(13)20-9-10-5-3-2-4-6-10/h2-8H,9H2,1H3,(H,17,18). The van der Waals surface area contributed by atoms with Gasteiger partial charge in [-0.1, -0.05) is 30.3 Å². The molecular formula is C15H13FO4. The monoisotopic (exact) mass is 276 g/mol. The second-order valence-corrected chi connectivity index (χ2v) is 4.06. The summed E-state index contributed by atoms with van der Waals surface area (Å²) in [5, 5.41) is 9.11. The van der Waals surface area contributed by atoms with Crippen molar-refractivity contribution in [2.24, 2.45) is 0 Å². The van der Waals surface area contributed by atoms with Crippen LogP contribution in [0.4, 0.5) is 4.39 Å². The lowest BCUT2D eigenvalue weighted by atomic mass is 10.1. The highest BCUT2D eigenvalue weighted by molar-refractivity contribution is 5.92.